The molecule has 0 amide bonds. The number of hydrogen-bond acceptors (Lipinski definition) is 3. The maximum absolute atomic E-state index is 9.05. The molecule has 0 bridgehead atoms. The zero-order valence-electron chi connectivity index (χ0n) is 5.07. The monoisotopic (exact) mass is 152 g/mol. The summed E-state index contributed by atoms with van der Waals surface area (Å²) in [5.41, 5.74) is 0. The van der Waals surface area contributed by atoms with Gasteiger partial charge in [0.15, 0.2) is 0 Å². The summed E-state index contributed by atoms with van der Waals surface area (Å²) in [7, 11) is 0. The van der Waals surface area contributed by atoms with Gasteiger partial charge in [-0.05, 0) is 5.92 Å². The minimum atomic E-state index is -0.401. The third-order valence-electron chi connectivity index (χ3n) is 0.989. The highest BCUT2D eigenvalue weighted by atomic mass is 32.2. The second-order valence-corrected chi connectivity index (χ2v) is 3.67. The molecule has 0 aliphatic carbocycles. The van der Waals surface area contributed by atoms with Gasteiger partial charge in [-0.1, -0.05) is 13.8 Å². The van der Waals surface area contributed by atoms with Crippen molar-refractivity contribution >= 4 is 25.3 Å². The number of aliphatic hydroxyl groups is 1. The molecule has 0 heterocycles. The SMILES string of the molecule is CC(C)C(O)C(S)S. The molecular weight excluding hydrogens is 140 g/mol. The van der Waals surface area contributed by atoms with Crippen molar-refractivity contribution in [3.05, 3.63) is 0 Å². The van der Waals surface area contributed by atoms with E-state index in [4.69, 9.17) is 5.11 Å². The lowest BCUT2D eigenvalue weighted by Crippen LogP contribution is -2.22. The Bertz CT molecular complexity index is 55.4. The number of hydrogen-bond donors (Lipinski definition) is 3. The molecule has 1 nitrogen and oxygen atoms in total. The average molecular weight is 152 g/mol. The smallest absolute Gasteiger partial charge is 0.0767 e. The Labute approximate surface area is 61.3 Å². The van der Waals surface area contributed by atoms with Crippen LogP contribution in [0.4, 0.5) is 0 Å². The zero-order chi connectivity index (χ0) is 6.73. The Hall–Kier alpha value is 0.660. The molecule has 1 unspecified atom stereocenters. The van der Waals surface area contributed by atoms with E-state index >= 15 is 0 Å². The Morgan fingerprint density at radius 2 is 1.62 bits per heavy atom. The van der Waals surface area contributed by atoms with Gasteiger partial charge in [0.25, 0.3) is 0 Å². The predicted octanol–water partition coefficient (Wildman–Crippen LogP) is 1.19. The molecule has 0 aliphatic rings. The molecule has 0 spiro atoms. The molecule has 0 aromatic rings. The van der Waals surface area contributed by atoms with E-state index in [0.717, 1.165) is 0 Å². The van der Waals surface area contributed by atoms with E-state index in [9.17, 15) is 0 Å². The quantitative estimate of drug-likeness (QED) is 0.401. The zero-order valence-corrected chi connectivity index (χ0v) is 6.86. The summed E-state index contributed by atoms with van der Waals surface area (Å²) < 4.78 is -0.213. The first-order valence-corrected chi connectivity index (χ1v) is 3.63. The fourth-order valence-corrected chi connectivity index (χ4v) is 1.03. The molecule has 0 saturated heterocycles. The maximum Gasteiger partial charge on any atom is 0.0767 e. The molecule has 0 aliphatic heterocycles. The van der Waals surface area contributed by atoms with Gasteiger partial charge in [-0.2, -0.15) is 25.3 Å². The van der Waals surface area contributed by atoms with Crippen LogP contribution in [-0.2, 0) is 0 Å². The lowest BCUT2D eigenvalue weighted by molar-refractivity contribution is 0.142. The molecule has 50 valence electrons. The van der Waals surface area contributed by atoms with Gasteiger partial charge in [-0.25, -0.2) is 0 Å². The third kappa shape index (κ3) is 2.84. The van der Waals surface area contributed by atoms with Gasteiger partial charge in [0.2, 0.25) is 0 Å². The van der Waals surface area contributed by atoms with Crippen LogP contribution >= 0.6 is 25.3 Å². The second-order valence-electron chi connectivity index (χ2n) is 2.15. The Morgan fingerprint density at radius 3 is 1.62 bits per heavy atom. The number of thiol groups is 2. The van der Waals surface area contributed by atoms with Crippen LogP contribution in [0.1, 0.15) is 13.8 Å². The molecule has 8 heavy (non-hydrogen) atoms. The molecule has 1 atom stereocenters. The highest BCUT2D eigenvalue weighted by Crippen LogP contribution is 2.13. The van der Waals surface area contributed by atoms with E-state index in [2.05, 4.69) is 25.3 Å². The summed E-state index contributed by atoms with van der Waals surface area (Å²) in [5.74, 6) is 0.245. The highest BCUT2D eigenvalue weighted by Gasteiger charge is 2.13. The fourth-order valence-electron chi connectivity index (χ4n) is 0.344. The first-order valence-electron chi connectivity index (χ1n) is 2.60. The van der Waals surface area contributed by atoms with Crippen LogP contribution in [0.2, 0.25) is 0 Å². The Morgan fingerprint density at radius 1 is 1.25 bits per heavy atom. The first kappa shape index (κ1) is 8.66. The third-order valence-corrected chi connectivity index (χ3v) is 1.60. The molecule has 0 rings (SSSR count). The van der Waals surface area contributed by atoms with E-state index in [1.165, 1.54) is 0 Å². The second kappa shape index (κ2) is 3.64. The molecule has 3 heteroatoms. The lowest BCUT2D eigenvalue weighted by atomic mass is 10.1. The summed E-state index contributed by atoms with van der Waals surface area (Å²) in [6.07, 6.45) is -0.401. The van der Waals surface area contributed by atoms with Gasteiger partial charge >= 0.3 is 0 Å². The van der Waals surface area contributed by atoms with E-state index in [1.54, 1.807) is 0 Å². The van der Waals surface area contributed by atoms with Crippen LogP contribution in [-0.4, -0.2) is 15.8 Å². The van der Waals surface area contributed by atoms with Crippen molar-refractivity contribution in [3.63, 3.8) is 0 Å². The maximum atomic E-state index is 9.05. The predicted molar refractivity (Wildman–Crippen MR) is 42.6 cm³/mol. The van der Waals surface area contributed by atoms with Crippen molar-refractivity contribution in [2.75, 3.05) is 0 Å². The minimum absolute atomic E-state index is 0.213. The van der Waals surface area contributed by atoms with Gasteiger partial charge in [0, 0.05) is 0 Å². The Balaban J connectivity index is 3.46. The Kier molecular flexibility index (Phi) is 3.94. The number of rotatable bonds is 2. The lowest BCUT2D eigenvalue weighted by Gasteiger charge is -2.15. The van der Waals surface area contributed by atoms with Crippen LogP contribution in [0.5, 0.6) is 0 Å². The van der Waals surface area contributed by atoms with Crippen molar-refractivity contribution in [2.24, 2.45) is 5.92 Å². The van der Waals surface area contributed by atoms with Gasteiger partial charge in [-0.15, -0.1) is 0 Å². The number of aliphatic hydroxyl groups excluding tert-OH is 1. The summed E-state index contributed by atoms with van der Waals surface area (Å²) in [4.78, 5) is 0. The van der Waals surface area contributed by atoms with Crippen LogP contribution in [0, 0.1) is 5.92 Å². The van der Waals surface area contributed by atoms with Gasteiger partial charge in [0.1, 0.15) is 0 Å². The fraction of sp³-hybridized carbons (Fsp3) is 1.00. The van der Waals surface area contributed by atoms with Crippen LogP contribution in [0.3, 0.4) is 0 Å². The van der Waals surface area contributed by atoms with Crippen molar-refractivity contribution in [3.8, 4) is 0 Å². The highest BCUT2D eigenvalue weighted by molar-refractivity contribution is 7.99. The van der Waals surface area contributed by atoms with Crippen molar-refractivity contribution in [1.82, 2.24) is 0 Å². The molecule has 0 aromatic carbocycles. The standard InChI is InChI=1S/C5H12OS2/c1-3(2)4(6)5(7)8/h3-8H,1-2H3. The summed E-state index contributed by atoms with van der Waals surface area (Å²) in [6.45, 7) is 3.87. The molecule has 0 aromatic heterocycles. The van der Waals surface area contributed by atoms with Crippen molar-refractivity contribution in [1.29, 1.82) is 0 Å². The van der Waals surface area contributed by atoms with Crippen LogP contribution in [0.25, 0.3) is 0 Å². The molecule has 0 fully saturated rings. The largest absolute Gasteiger partial charge is 0.391 e. The van der Waals surface area contributed by atoms with Crippen molar-refractivity contribution < 1.29 is 5.11 Å². The van der Waals surface area contributed by atoms with Crippen molar-refractivity contribution in [2.45, 2.75) is 24.5 Å². The van der Waals surface area contributed by atoms with E-state index in [-0.39, 0.29) is 10.5 Å². The van der Waals surface area contributed by atoms with Gasteiger partial charge in [0.05, 0.1) is 10.7 Å². The molecule has 1 N–H and O–H groups in total. The topological polar surface area (TPSA) is 20.2 Å². The summed E-state index contributed by atoms with van der Waals surface area (Å²) in [6, 6.07) is 0. The van der Waals surface area contributed by atoms with E-state index in [0.29, 0.717) is 0 Å². The first-order chi connectivity index (χ1) is 3.55. The molecule has 0 saturated carbocycles. The van der Waals surface area contributed by atoms with E-state index in [1.807, 2.05) is 13.8 Å². The normalized spacial score (nSPS) is 15.4. The molecule has 0 radical (unpaired) electrons. The average Bonchev–Trinajstić information content (AvgIpc) is 1.64. The van der Waals surface area contributed by atoms with E-state index < -0.39 is 6.10 Å². The molecular formula is C5H12OS2. The van der Waals surface area contributed by atoms with Gasteiger partial charge < -0.3 is 5.11 Å². The summed E-state index contributed by atoms with van der Waals surface area (Å²) in [5, 5.41) is 9.05. The van der Waals surface area contributed by atoms with Gasteiger partial charge in [-0.3, -0.25) is 0 Å². The summed E-state index contributed by atoms with van der Waals surface area (Å²) >= 11 is 7.89. The van der Waals surface area contributed by atoms with Crippen LogP contribution in [0.15, 0.2) is 0 Å². The van der Waals surface area contributed by atoms with Crippen LogP contribution < -0.4 is 0 Å². The minimum Gasteiger partial charge on any atom is -0.391 e.